The molecule has 1 aromatic carbocycles. The van der Waals surface area contributed by atoms with Crippen LogP contribution in [0.25, 0.3) is 0 Å². The summed E-state index contributed by atoms with van der Waals surface area (Å²) in [5.74, 6) is 2.21. The summed E-state index contributed by atoms with van der Waals surface area (Å²) in [7, 11) is 3.15. The molecule has 0 saturated carbocycles. The Morgan fingerprint density at radius 2 is 1.58 bits per heavy atom. The van der Waals surface area contributed by atoms with E-state index < -0.39 is 0 Å². The molecule has 0 saturated heterocycles. The number of methoxy groups -OCH3 is 2. The van der Waals surface area contributed by atoms with Gasteiger partial charge in [-0.15, -0.1) is 0 Å². The van der Waals surface area contributed by atoms with Crippen molar-refractivity contribution >= 4 is 11.6 Å². The zero-order valence-electron chi connectivity index (χ0n) is 10.8. The molecule has 5 nitrogen and oxygen atoms in total. The molecule has 0 spiro atoms. The highest BCUT2D eigenvalue weighted by Crippen LogP contribution is 2.31. The van der Waals surface area contributed by atoms with E-state index in [2.05, 4.69) is 9.97 Å². The third-order valence-electron chi connectivity index (χ3n) is 2.44. The SMILES string of the molecule is COc1cc(OC)cc(Oc2nc(Cl)ncc2C)c1. The van der Waals surface area contributed by atoms with Gasteiger partial charge in [-0.25, -0.2) is 4.98 Å². The largest absolute Gasteiger partial charge is 0.496 e. The molecule has 0 aliphatic rings. The number of hydrogen-bond donors (Lipinski definition) is 0. The Hall–Kier alpha value is -2.01. The van der Waals surface area contributed by atoms with E-state index in [0.717, 1.165) is 5.56 Å². The second-order valence-corrected chi connectivity index (χ2v) is 4.12. The van der Waals surface area contributed by atoms with Crippen LogP contribution in [0.15, 0.2) is 24.4 Å². The highest BCUT2D eigenvalue weighted by Gasteiger charge is 2.08. The maximum atomic E-state index is 5.75. The van der Waals surface area contributed by atoms with Crippen LogP contribution in [-0.4, -0.2) is 24.2 Å². The highest BCUT2D eigenvalue weighted by atomic mass is 35.5. The van der Waals surface area contributed by atoms with Crippen molar-refractivity contribution in [3.63, 3.8) is 0 Å². The predicted octanol–water partition coefficient (Wildman–Crippen LogP) is 3.25. The quantitative estimate of drug-likeness (QED) is 0.805. The van der Waals surface area contributed by atoms with Gasteiger partial charge in [0, 0.05) is 30.0 Å². The van der Waals surface area contributed by atoms with Gasteiger partial charge < -0.3 is 14.2 Å². The van der Waals surface area contributed by atoms with Crippen molar-refractivity contribution in [2.24, 2.45) is 0 Å². The minimum atomic E-state index is 0.135. The fraction of sp³-hybridized carbons (Fsp3) is 0.231. The Labute approximate surface area is 116 Å². The molecular weight excluding hydrogens is 268 g/mol. The average molecular weight is 281 g/mol. The molecule has 6 heteroatoms. The zero-order valence-corrected chi connectivity index (χ0v) is 11.6. The van der Waals surface area contributed by atoms with Crippen molar-refractivity contribution in [3.8, 4) is 23.1 Å². The summed E-state index contributed by atoms with van der Waals surface area (Å²) in [4.78, 5) is 7.90. The lowest BCUT2D eigenvalue weighted by molar-refractivity contribution is 0.384. The number of hydrogen-bond acceptors (Lipinski definition) is 5. The van der Waals surface area contributed by atoms with E-state index in [1.165, 1.54) is 0 Å². The number of ether oxygens (including phenoxy) is 3. The Morgan fingerprint density at radius 3 is 2.16 bits per heavy atom. The topological polar surface area (TPSA) is 53.5 Å². The van der Waals surface area contributed by atoms with Gasteiger partial charge in [-0.3, -0.25) is 0 Å². The number of aryl methyl sites for hydroxylation is 1. The van der Waals surface area contributed by atoms with Crippen LogP contribution in [-0.2, 0) is 0 Å². The van der Waals surface area contributed by atoms with Gasteiger partial charge in [0.05, 0.1) is 14.2 Å². The van der Waals surface area contributed by atoms with Crippen molar-refractivity contribution < 1.29 is 14.2 Å². The second-order valence-electron chi connectivity index (χ2n) is 3.78. The minimum absolute atomic E-state index is 0.135. The van der Waals surface area contributed by atoms with Crippen LogP contribution in [0.1, 0.15) is 5.56 Å². The molecule has 0 N–H and O–H groups in total. The predicted molar refractivity (Wildman–Crippen MR) is 71.4 cm³/mol. The van der Waals surface area contributed by atoms with Gasteiger partial charge in [0.1, 0.15) is 17.2 Å². The van der Waals surface area contributed by atoms with E-state index in [4.69, 9.17) is 25.8 Å². The van der Waals surface area contributed by atoms with Crippen LogP contribution in [0.5, 0.6) is 23.1 Å². The number of aromatic nitrogens is 2. The number of nitrogens with zero attached hydrogens (tertiary/aromatic N) is 2. The van der Waals surface area contributed by atoms with Gasteiger partial charge in [0.25, 0.3) is 0 Å². The molecule has 2 rings (SSSR count). The Morgan fingerprint density at radius 1 is 1.00 bits per heavy atom. The lowest BCUT2D eigenvalue weighted by Crippen LogP contribution is -1.95. The van der Waals surface area contributed by atoms with Crippen molar-refractivity contribution in [1.29, 1.82) is 0 Å². The lowest BCUT2D eigenvalue weighted by Gasteiger charge is -2.10. The molecule has 1 aromatic heterocycles. The summed E-state index contributed by atoms with van der Waals surface area (Å²) in [5, 5.41) is 0.135. The molecule has 2 aromatic rings. The van der Waals surface area contributed by atoms with Crippen LogP contribution >= 0.6 is 11.6 Å². The highest BCUT2D eigenvalue weighted by molar-refractivity contribution is 6.28. The maximum Gasteiger partial charge on any atom is 0.226 e. The van der Waals surface area contributed by atoms with Gasteiger partial charge in [0.15, 0.2) is 0 Å². The monoisotopic (exact) mass is 280 g/mol. The van der Waals surface area contributed by atoms with Crippen LogP contribution in [0, 0.1) is 6.92 Å². The molecule has 0 aliphatic carbocycles. The normalized spacial score (nSPS) is 10.1. The fourth-order valence-electron chi connectivity index (χ4n) is 1.46. The fourth-order valence-corrected chi connectivity index (χ4v) is 1.59. The number of halogens is 1. The number of rotatable bonds is 4. The van der Waals surface area contributed by atoms with Gasteiger partial charge in [-0.1, -0.05) is 0 Å². The number of benzene rings is 1. The van der Waals surface area contributed by atoms with Gasteiger partial charge in [0.2, 0.25) is 11.2 Å². The molecule has 0 fully saturated rings. The Kier molecular flexibility index (Phi) is 4.06. The van der Waals surface area contributed by atoms with E-state index in [-0.39, 0.29) is 5.28 Å². The van der Waals surface area contributed by atoms with E-state index in [0.29, 0.717) is 23.1 Å². The molecule has 1 heterocycles. The Bertz CT molecular complexity index is 568. The van der Waals surface area contributed by atoms with Crippen LogP contribution in [0.3, 0.4) is 0 Å². The standard InChI is InChI=1S/C13H13ClN2O3/c1-8-7-15-13(14)16-12(8)19-11-5-9(17-2)4-10(6-11)18-3/h4-7H,1-3H3. The van der Waals surface area contributed by atoms with Crippen molar-refractivity contribution in [2.45, 2.75) is 6.92 Å². The molecule has 100 valence electrons. The van der Waals surface area contributed by atoms with Crippen LogP contribution in [0.2, 0.25) is 5.28 Å². The van der Waals surface area contributed by atoms with E-state index in [9.17, 15) is 0 Å². The third-order valence-corrected chi connectivity index (χ3v) is 2.62. The molecule has 19 heavy (non-hydrogen) atoms. The Balaban J connectivity index is 2.34. The first-order valence-corrected chi connectivity index (χ1v) is 5.90. The summed E-state index contributed by atoms with van der Waals surface area (Å²) in [6, 6.07) is 5.22. The third kappa shape index (κ3) is 3.26. The van der Waals surface area contributed by atoms with Crippen LogP contribution in [0.4, 0.5) is 0 Å². The maximum absolute atomic E-state index is 5.75. The van der Waals surface area contributed by atoms with Crippen molar-refractivity contribution in [3.05, 3.63) is 35.2 Å². The summed E-state index contributed by atoms with van der Waals surface area (Å²) in [6.07, 6.45) is 1.60. The van der Waals surface area contributed by atoms with Crippen molar-refractivity contribution in [2.75, 3.05) is 14.2 Å². The van der Waals surface area contributed by atoms with Gasteiger partial charge in [-0.05, 0) is 18.5 Å². The van der Waals surface area contributed by atoms with E-state index >= 15 is 0 Å². The summed E-state index contributed by atoms with van der Waals surface area (Å²) in [5.41, 5.74) is 0.784. The van der Waals surface area contributed by atoms with Gasteiger partial charge in [-0.2, -0.15) is 4.98 Å². The molecule has 0 bridgehead atoms. The molecule has 0 unspecified atom stereocenters. The van der Waals surface area contributed by atoms with Gasteiger partial charge >= 0.3 is 0 Å². The average Bonchev–Trinajstić information content (AvgIpc) is 2.42. The zero-order chi connectivity index (χ0) is 13.8. The van der Waals surface area contributed by atoms with Crippen LogP contribution < -0.4 is 14.2 Å². The second kappa shape index (κ2) is 5.75. The summed E-state index contributed by atoms with van der Waals surface area (Å²) in [6.45, 7) is 1.84. The smallest absolute Gasteiger partial charge is 0.226 e. The first-order chi connectivity index (χ1) is 9.12. The summed E-state index contributed by atoms with van der Waals surface area (Å²) < 4.78 is 16.0. The molecule has 0 aliphatic heterocycles. The van der Waals surface area contributed by atoms with E-state index in [1.54, 1.807) is 38.6 Å². The first-order valence-electron chi connectivity index (χ1n) is 5.52. The molecular formula is C13H13ClN2O3. The molecule has 0 atom stereocenters. The molecule has 0 amide bonds. The molecule has 0 radical (unpaired) electrons. The summed E-state index contributed by atoms with van der Waals surface area (Å²) >= 11 is 5.75. The van der Waals surface area contributed by atoms with E-state index in [1.807, 2.05) is 6.92 Å². The first kappa shape index (κ1) is 13.4. The lowest BCUT2D eigenvalue weighted by atomic mass is 10.3. The minimum Gasteiger partial charge on any atom is -0.496 e. The van der Waals surface area contributed by atoms with Crippen molar-refractivity contribution in [1.82, 2.24) is 9.97 Å².